The van der Waals surface area contributed by atoms with E-state index in [4.69, 9.17) is 5.73 Å². The van der Waals surface area contributed by atoms with Gasteiger partial charge in [-0.1, -0.05) is 17.8 Å². The molecule has 0 heterocycles. The molecule has 0 saturated heterocycles. The molecule has 0 aliphatic rings. The number of nitrogens with two attached hydrogens (primary N) is 1. The first-order valence-corrected chi connectivity index (χ1v) is 7.56. The molecule has 0 saturated carbocycles. The van der Waals surface area contributed by atoms with Crippen molar-refractivity contribution in [3.63, 3.8) is 0 Å². The SMILES string of the molecule is Cc1ccc(Sc2cc(C(=O)N(C)C)ccc2N)cc1C. The van der Waals surface area contributed by atoms with Crippen molar-refractivity contribution in [1.82, 2.24) is 4.90 Å². The summed E-state index contributed by atoms with van der Waals surface area (Å²) in [5.74, 6) is -0.0167. The molecule has 2 aromatic carbocycles. The maximum absolute atomic E-state index is 12.0. The van der Waals surface area contributed by atoms with Gasteiger partial charge in [0.15, 0.2) is 0 Å². The van der Waals surface area contributed by atoms with Gasteiger partial charge in [-0.3, -0.25) is 4.79 Å². The molecule has 2 rings (SSSR count). The lowest BCUT2D eigenvalue weighted by atomic mass is 10.1. The van der Waals surface area contributed by atoms with Crippen molar-refractivity contribution in [2.24, 2.45) is 0 Å². The first-order chi connectivity index (χ1) is 9.88. The lowest BCUT2D eigenvalue weighted by Gasteiger charge is -2.13. The van der Waals surface area contributed by atoms with Crippen LogP contribution < -0.4 is 5.73 Å². The van der Waals surface area contributed by atoms with Crippen LogP contribution in [0.2, 0.25) is 0 Å². The number of carbonyl (C=O) groups is 1. The molecule has 2 aromatic rings. The van der Waals surface area contributed by atoms with Crippen molar-refractivity contribution in [1.29, 1.82) is 0 Å². The molecule has 0 spiro atoms. The minimum atomic E-state index is -0.0167. The summed E-state index contributed by atoms with van der Waals surface area (Å²) in [4.78, 5) is 15.6. The third-order valence-electron chi connectivity index (χ3n) is 3.37. The largest absolute Gasteiger partial charge is 0.398 e. The van der Waals surface area contributed by atoms with Gasteiger partial charge in [-0.05, 0) is 55.3 Å². The second-order valence-corrected chi connectivity index (χ2v) is 6.42. The van der Waals surface area contributed by atoms with Gasteiger partial charge in [0.25, 0.3) is 5.91 Å². The molecule has 3 nitrogen and oxygen atoms in total. The van der Waals surface area contributed by atoms with Crippen molar-refractivity contribution < 1.29 is 4.79 Å². The van der Waals surface area contributed by atoms with Crippen LogP contribution in [0.3, 0.4) is 0 Å². The summed E-state index contributed by atoms with van der Waals surface area (Å²) in [6.07, 6.45) is 0. The number of aryl methyl sites for hydroxylation is 2. The molecule has 4 heteroatoms. The zero-order valence-electron chi connectivity index (χ0n) is 12.8. The van der Waals surface area contributed by atoms with Crippen LogP contribution in [-0.4, -0.2) is 24.9 Å². The Morgan fingerprint density at radius 2 is 1.76 bits per heavy atom. The van der Waals surface area contributed by atoms with Crippen LogP contribution in [0.15, 0.2) is 46.2 Å². The topological polar surface area (TPSA) is 46.3 Å². The summed E-state index contributed by atoms with van der Waals surface area (Å²) in [6, 6.07) is 11.7. The van der Waals surface area contributed by atoms with E-state index in [2.05, 4.69) is 32.0 Å². The zero-order chi connectivity index (χ0) is 15.6. The smallest absolute Gasteiger partial charge is 0.253 e. The summed E-state index contributed by atoms with van der Waals surface area (Å²) in [6.45, 7) is 4.18. The number of anilines is 1. The second kappa shape index (κ2) is 6.22. The quantitative estimate of drug-likeness (QED) is 0.878. The minimum absolute atomic E-state index is 0.0167. The Kier molecular flexibility index (Phi) is 4.58. The Labute approximate surface area is 130 Å². The maximum Gasteiger partial charge on any atom is 0.253 e. The molecule has 0 radical (unpaired) electrons. The Morgan fingerprint density at radius 3 is 2.38 bits per heavy atom. The molecule has 0 aromatic heterocycles. The average molecular weight is 300 g/mol. The van der Waals surface area contributed by atoms with Crippen LogP contribution in [0.1, 0.15) is 21.5 Å². The molecular formula is C17H20N2OS. The first-order valence-electron chi connectivity index (χ1n) is 6.75. The van der Waals surface area contributed by atoms with E-state index in [0.717, 1.165) is 9.79 Å². The van der Waals surface area contributed by atoms with Gasteiger partial charge in [-0.15, -0.1) is 0 Å². The lowest BCUT2D eigenvalue weighted by molar-refractivity contribution is 0.0827. The Balaban J connectivity index is 2.32. The van der Waals surface area contributed by atoms with Crippen LogP contribution in [-0.2, 0) is 0 Å². The predicted molar refractivity (Wildman–Crippen MR) is 88.9 cm³/mol. The molecule has 110 valence electrons. The number of carbonyl (C=O) groups excluding carboxylic acids is 1. The number of hydrogen-bond acceptors (Lipinski definition) is 3. The minimum Gasteiger partial charge on any atom is -0.398 e. The van der Waals surface area contributed by atoms with E-state index < -0.39 is 0 Å². The molecule has 0 aliphatic carbocycles. The van der Waals surface area contributed by atoms with Crippen molar-refractivity contribution in [2.45, 2.75) is 23.6 Å². The number of hydrogen-bond donors (Lipinski definition) is 1. The monoisotopic (exact) mass is 300 g/mol. The third kappa shape index (κ3) is 3.58. The Morgan fingerprint density at radius 1 is 1.05 bits per heavy atom. The van der Waals surface area contributed by atoms with Gasteiger partial charge in [0.1, 0.15) is 0 Å². The van der Waals surface area contributed by atoms with Crippen molar-refractivity contribution >= 4 is 23.4 Å². The highest BCUT2D eigenvalue weighted by atomic mass is 32.2. The van der Waals surface area contributed by atoms with Gasteiger partial charge in [0.05, 0.1) is 0 Å². The van der Waals surface area contributed by atoms with Crippen LogP contribution in [0.5, 0.6) is 0 Å². The fourth-order valence-electron chi connectivity index (χ4n) is 1.92. The molecule has 1 amide bonds. The molecule has 0 atom stereocenters. The molecule has 0 unspecified atom stereocenters. The van der Waals surface area contributed by atoms with Crippen LogP contribution in [0.25, 0.3) is 0 Å². The number of nitrogens with zero attached hydrogens (tertiary/aromatic N) is 1. The second-order valence-electron chi connectivity index (χ2n) is 5.30. The van der Waals surface area contributed by atoms with E-state index >= 15 is 0 Å². The Hall–Kier alpha value is -1.94. The molecule has 2 N–H and O–H groups in total. The average Bonchev–Trinajstić information content (AvgIpc) is 2.44. The maximum atomic E-state index is 12.0. The standard InChI is InChI=1S/C17H20N2OS/c1-11-5-7-14(9-12(11)2)21-16-10-13(6-8-15(16)18)17(20)19(3)4/h5-10H,18H2,1-4H3. The van der Waals surface area contributed by atoms with Crippen molar-refractivity contribution in [2.75, 3.05) is 19.8 Å². The van der Waals surface area contributed by atoms with E-state index in [-0.39, 0.29) is 5.91 Å². The molecular weight excluding hydrogens is 280 g/mol. The lowest BCUT2D eigenvalue weighted by Crippen LogP contribution is -2.21. The third-order valence-corrected chi connectivity index (χ3v) is 4.44. The summed E-state index contributed by atoms with van der Waals surface area (Å²) in [7, 11) is 3.49. The molecule has 21 heavy (non-hydrogen) atoms. The summed E-state index contributed by atoms with van der Waals surface area (Å²) in [5.41, 5.74) is 9.89. The molecule has 0 fully saturated rings. The highest BCUT2D eigenvalue weighted by molar-refractivity contribution is 7.99. The summed E-state index contributed by atoms with van der Waals surface area (Å²) >= 11 is 1.58. The van der Waals surface area contributed by atoms with Gasteiger partial charge in [0, 0.05) is 35.1 Å². The normalized spacial score (nSPS) is 10.5. The van der Waals surface area contributed by atoms with E-state index in [9.17, 15) is 4.79 Å². The van der Waals surface area contributed by atoms with Crippen LogP contribution >= 0.6 is 11.8 Å². The van der Waals surface area contributed by atoms with E-state index in [1.54, 1.807) is 42.9 Å². The highest BCUT2D eigenvalue weighted by Gasteiger charge is 2.11. The fourth-order valence-corrected chi connectivity index (χ4v) is 2.92. The number of benzene rings is 2. The van der Waals surface area contributed by atoms with Gasteiger partial charge in [-0.2, -0.15) is 0 Å². The Bertz CT molecular complexity index is 680. The number of amides is 1. The van der Waals surface area contributed by atoms with Gasteiger partial charge < -0.3 is 10.6 Å². The molecule has 0 aliphatic heterocycles. The number of nitrogen functional groups attached to an aromatic ring is 1. The summed E-state index contributed by atoms with van der Waals surface area (Å²) in [5, 5.41) is 0. The van der Waals surface area contributed by atoms with Gasteiger partial charge in [-0.25, -0.2) is 0 Å². The van der Waals surface area contributed by atoms with E-state index in [0.29, 0.717) is 11.3 Å². The van der Waals surface area contributed by atoms with E-state index in [1.807, 2.05) is 6.07 Å². The van der Waals surface area contributed by atoms with Gasteiger partial charge in [0.2, 0.25) is 0 Å². The van der Waals surface area contributed by atoms with Gasteiger partial charge >= 0.3 is 0 Å². The van der Waals surface area contributed by atoms with E-state index in [1.165, 1.54) is 11.1 Å². The predicted octanol–water partition coefficient (Wildman–Crippen LogP) is 3.74. The van der Waals surface area contributed by atoms with Crippen LogP contribution in [0, 0.1) is 13.8 Å². The molecule has 0 bridgehead atoms. The first kappa shape index (κ1) is 15.4. The highest BCUT2D eigenvalue weighted by Crippen LogP contribution is 2.33. The zero-order valence-corrected chi connectivity index (χ0v) is 13.6. The number of rotatable bonds is 3. The van der Waals surface area contributed by atoms with Crippen molar-refractivity contribution in [3.8, 4) is 0 Å². The fraction of sp³-hybridized carbons (Fsp3) is 0.235. The summed E-state index contributed by atoms with van der Waals surface area (Å²) < 4.78 is 0. The van der Waals surface area contributed by atoms with Crippen LogP contribution in [0.4, 0.5) is 5.69 Å². The van der Waals surface area contributed by atoms with Crippen molar-refractivity contribution in [3.05, 3.63) is 53.1 Å².